The van der Waals surface area contributed by atoms with Gasteiger partial charge < -0.3 is 10.6 Å². The smallest absolute Gasteiger partial charge is 0.185 e. The highest BCUT2D eigenvalue weighted by molar-refractivity contribution is 7.19. The summed E-state index contributed by atoms with van der Waals surface area (Å²) in [7, 11) is 0. The van der Waals surface area contributed by atoms with Crippen molar-refractivity contribution in [1.29, 1.82) is 0 Å². The molecule has 0 bridgehead atoms. The third-order valence-corrected chi connectivity index (χ3v) is 4.40. The SMILES string of the molecule is Nc1nc(-c2cnc(N3CCCC3)s2)cs1. The van der Waals surface area contributed by atoms with E-state index in [0.717, 1.165) is 28.8 Å². The van der Waals surface area contributed by atoms with Gasteiger partial charge in [-0.05, 0) is 12.8 Å². The number of nitrogen functional groups attached to an aromatic ring is 1. The van der Waals surface area contributed by atoms with Crippen molar-refractivity contribution in [2.45, 2.75) is 12.8 Å². The quantitative estimate of drug-likeness (QED) is 0.892. The van der Waals surface area contributed by atoms with Crippen molar-refractivity contribution in [1.82, 2.24) is 9.97 Å². The number of aromatic nitrogens is 2. The second-order valence-corrected chi connectivity index (χ2v) is 5.67. The summed E-state index contributed by atoms with van der Waals surface area (Å²) in [5.41, 5.74) is 6.58. The van der Waals surface area contributed by atoms with Crippen LogP contribution in [-0.4, -0.2) is 23.1 Å². The van der Waals surface area contributed by atoms with E-state index in [1.54, 1.807) is 11.3 Å². The van der Waals surface area contributed by atoms with Gasteiger partial charge in [-0.1, -0.05) is 11.3 Å². The zero-order valence-electron chi connectivity index (χ0n) is 8.72. The Morgan fingerprint density at radius 2 is 2.12 bits per heavy atom. The van der Waals surface area contributed by atoms with Crippen molar-refractivity contribution in [3.8, 4) is 10.6 Å². The molecular weight excluding hydrogens is 240 g/mol. The summed E-state index contributed by atoms with van der Waals surface area (Å²) < 4.78 is 0. The van der Waals surface area contributed by atoms with Crippen LogP contribution in [-0.2, 0) is 0 Å². The topological polar surface area (TPSA) is 55.0 Å². The molecule has 2 aromatic heterocycles. The molecule has 4 nitrogen and oxygen atoms in total. The highest BCUT2D eigenvalue weighted by Gasteiger charge is 2.16. The monoisotopic (exact) mass is 252 g/mol. The molecule has 2 N–H and O–H groups in total. The predicted molar refractivity (Wildman–Crippen MR) is 69.1 cm³/mol. The fourth-order valence-corrected chi connectivity index (χ4v) is 3.40. The second kappa shape index (κ2) is 4.03. The van der Waals surface area contributed by atoms with Crippen molar-refractivity contribution in [2.75, 3.05) is 23.7 Å². The summed E-state index contributed by atoms with van der Waals surface area (Å²) in [6.07, 6.45) is 4.45. The molecule has 3 heterocycles. The molecule has 3 rings (SSSR count). The fraction of sp³-hybridized carbons (Fsp3) is 0.400. The van der Waals surface area contributed by atoms with Gasteiger partial charge in [0.15, 0.2) is 10.3 Å². The molecule has 0 aromatic carbocycles. The first-order valence-electron chi connectivity index (χ1n) is 5.25. The van der Waals surface area contributed by atoms with Crippen molar-refractivity contribution >= 4 is 32.9 Å². The van der Waals surface area contributed by atoms with Gasteiger partial charge in [0.2, 0.25) is 0 Å². The van der Waals surface area contributed by atoms with E-state index in [1.165, 1.54) is 24.2 Å². The Morgan fingerprint density at radius 1 is 1.31 bits per heavy atom. The van der Waals surface area contributed by atoms with E-state index in [2.05, 4.69) is 14.9 Å². The van der Waals surface area contributed by atoms with Crippen LogP contribution in [0.4, 0.5) is 10.3 Å². The van der Waals surface area contributed by atoms with Gasteiger partial charge in [-0.2, -0.15) is 0 Å². The minimum absolute atomic E-state index is 0.617. The number of anilines is 2. The molecule has 0 saturated carbocycles. The summed E-state index contributed by atoms with van der Waals surface area (Å²) in [6, 6.07) is 0. The lowest BCUT2D eigenvalue weighted by atomic mass is 10.4. The molecule has 1 aliphatic heterocycles. The van der Waals surface area contributed by atoms with Gasteiger partial charge in [0.05, 0.1) is 10.6 Å². The summed E-state index contributed by atoms with van der Waals surface area (Å²) >= 11 is 3.17. The first-order chi connectivity index (χ1) is 7.83. The largest absolute Gasteiger partial charge is 0.375 e. The molecule has 0 amide bonds. The van der Waals surface area contributed by atoms with Crippen LogP contribution in [0.3, 0.4) is 0 Å². The maximum atomic E-state index is 5.63. The van der Waals surface area contributed by atoms with Gasteiger partial charge in [-0.3, -0.25) is 0 Å². The van der Waals surface area contributed by atoms with Gasteiger partial charge in [0.25, 0.3) is 0 Å². The Morgan fingerprint density at radius 3 is 2.81 bits per heavy atom. The van der Waals surface area contributed by atoms with Crippen molar-refractivity contribution in [3.05, 3.63) is 11.6 Å². The lowest BCUT2D eigenvalue weighted by molar-refractivity contribution is 0.949. The zero-order chi connectivity index (χ0) is 11.0. The van der Waals surface area contributed by atoms with Gasteiger partial charge in [-0.25, -0.2) is 9.97 Å². The van der Waals surface area contributed by atoms with E-state index in [4.69, 9.17) is 5.73 Å². The predicted octanol–water partition coefficient (Wildman–Crippen LogP) is 2.45. The number of nitrogens with zero attached hydrogens (tertiary/aromatic N) is 3. The van der Waals surface area contributed by atoms with Crippen LogP contribution in [0.1, 0.15) is 12.8 Å². The van der Waals surface area contributed by atoms with Crippen molar-refractivity contribution in [3.63, 3.8) is 0 Å². The highest BCUT2D eigenvalue weighted by atomic mass is 32.1. The standard InChI is InChI=1S/C10H12N4S2/c11-9-13-7(6-15-9)8-5-12-10(16-8)14-3-1-2-4-14/h5-6H,1-4H2,(H2,11,13). The maximum absolute atomic E-state index is 5.63. The molecule has 1 fully saturated rings. The van der Waals surface area contributed by atoms with Crippen molar-refractivity contribution < 1.29 is 0 Å². The van der Waals surface area contributed by atoms with Gasteiger partial charge in [0.1, 0.15) is 0 Å². The fourth-order valence-electron chi connectivity index (χ4n) is 1.84. The van der Waals surface area contributed by atoms with E-state index in [-0.39, 0.29) is 0 Å². The van der Waals surface area contributed by atoms with E-state index in [1.807, 2.05) is 11.6 Å². The van der Waals surface area contributed by atoms with E-state index in [0.29, 0.717) is 5.13 Å². The summed E-state index contributed by atoms with van der Waals surface area (Å²) in [5, 5.41) is 3.71. The number of hydrogen-bond donors (Lipinski definition) is 1. The average molecular weight is 252 g/mol. The molecule has 2 aromatic rings. The van der Waals surface area contributed by atoms with Crippen LogP contribution < -0.4 is 10.6 Å². The summed E-state index contributed by atoms with van der Waals surface area (Å²) in [6.45, 7) is 2.26. The van der Waals surface area contributed by atoms with Crippen LogP contribution in [0.15, 0.2) is 11.6 Å². The molecule has 0 unspecified atom stereocenters. The van der Waals surface area contributed by atoms with E-state index < -0.39 is 0 Å². The molecule has 0 aliphatic carbocycles. The lowest BCUT2D eigenvalue weighted by Gasteiger charge is -2.11. The minimum Gasteiger partial charge on any atom is -0.375 e. The molecule has 1 aliphatic rings. The van der Waals surface area contributed by atoms with Crippen LogP contribution in [0.25, 0.3) is 10.6 Å². The molecule has 6 heteroatoms. The van der Waals surface area contributed by atoms with Gasteiger partial charge in [-0.15, -0.1) is 11.3 Å². The van der Waals surface area contributed by atoms with Crippen LogP contribution in [0.2, 0.25) is 0 Å². The van der Waals surface area contributed by atoms with Crippen LogP contribution in [0, 0.1) is 0 Å². The third kappa shape index (κ3) is 1.78. The van der Waals surface area contributed by atoms with Crippen LogP contribution >= 0.6 is 22.7 Å². The molecule has 16 heavy (non-hydrogen) atoms. The Hall–Kier alpha value is -1.14. The molecule has 0 atom stereocenters. The number of nitrogens with two attached hydrogens (primary N) is 1. The Bertz CT molecular complexity index is 484. The Labute approximate surface area is 102 Å². The van der Waals surface area contributed by atoms with Crippen LogP contribution in [0.5, 0.6) is 0 Å². The van der Waals surface area contributed by atoms with E-state index >= 15 is 0 Å². The molecule has 0 radical (unpaired) electrons. The third-order valence-electron chi connectivity index (χ3n) is 2.64. The Balaban J connectivity index is 1.87. The maximum Gasteiger partial charge on any atom is 0.185 e. The second-order valence-electron chi connectivity index (χ2n) is 3.77. The first kappa shape index (κ1) is 10.0. The highest BCUT2D eigenvalue weighted by Crippen LogP contribution is 2.33. The number of thiazole rings is 2. The molecule has 84 valence electrons. The zero-order valence-corrected chi connectivity index (χ0v) is 10.4. The first-order valence-corrected chi connectivity index (χ1v) is 6.95. The average Bonchev–Trinajstić information content (AvgIpc) is 2.97. The van der Waals surface area contributed by atoms with Gasteiger partial charge in [0, 0.05) is 24.7 Å². The number of hydrogen-bond acceptors (Lipinski definition) is 6. The molecule has 0 spiro atoms. The van der Waals surface area contributed by atoms with Gasteiger partial charge >= 0.3 is 0 Å². The normalized spacial score (nSPS) is 15.9. The summed E-state index contributed by atoms with van der Waals surface area (Å²) in [4.78, 5) is 12.2. The number of rotatable bonds is 2. The van der Waals surface area contributed by atoms with Crippen molar-refractivity contribution in [2.24, 2.45) is 0 Å². The Kier molecular flexibility index (Phi) is 2.53. The molecular formula is C10H12N4S2. The molecule has 1 saturated heterocycles. The van der Waals surface area contributed by atoms with E-state index in [9.17, 15) is 0 Å². The summed E-state index contributed by atoms with van der Waals surface area (Å²) in [5.74, 6) is 0. The minimum atomic E-state index is 0.617. The lowest BCUT2D eigenvalue weighted by Crippen LogP contribution is -2.16.